The van der Waals surface area contributed by atoms with Crippen molar-refractivity contribution in [2.45, 2.75) is 18.9 Å². The predicted octanol–water partition coefficient (Wildman–Crippen LogP) is 3.26. The summed E-state index contributed by atoms with van der Waals surface area (Å²) in [5.41, 5.74) is 1.42. The molecule has 0 fully saturated rings. The fraction of sp³-hybridized carbons (Fsp3) is 0.214. The van der Waals surface area contributed by atoms with E-state index in [1.54, 1.807) is 24.5 Å². The van der Waals surface area contributed by atoms with Crippen LogP contribution in [0.15, 0.2) is 48.8 Å². The van der Waals surface area contributed by atoms with E-state index in [9.17, 15) is 18.3 Å². The first-order chi connectivity index (χ1) is 9.44. The molecule has 1 heterocycles. The first kappa shape index (κ1) is 14.3. The van der Waals surface area contributed by atoms with Crippen LogP contribution in [0.1, 0.15) is 17.2 Å². The number of nitrogens with zero attached hydrogens (tertiary/aromatic N) is 1. The Balaban J connectivity index is 2.02. The molecule has 2 aromatic rings. The molecule has 2 rings (SSSR count). The number of pyridine rings is 1. The van der Waals surface area contributed by atoms with Gasteiger partial charge in [0.25, 0.3) is 0 Å². The van der Waals surface area contributed by atoms with Crippen LogP contribution in [0.25, 0.3) is 0 Å². The second-order valence-corrected chi connectivity index (χ2v) is 4.19. The maximum Gasteiger partial charge on any atom is 0.573 e. The minimum Gasteiger partial charge on any atom is -0.406 e. The number of aromatic nitrogens is 1. The van der Waals surface area contributed by atoms with Crippen LogP contribution >= 0.6 is 0 Å². The van der Waals surface area contributed by atoms with Gasteiger partial charge in [0.15, 0.2) is 0 Å². The zero-order valence-electron chi connectivity index (χ0n) is 10.3. The summed E-state index contributed by atoms with van der Waals surface area (Å²) in [5.74, 6) is -0.308. The van der Waals surface area contributed by atoms with Crippen molar-refractivity contribution in [3.05, 3.63) is 59.9 Å². The van der Waals surface area contributed by atoms with Gasteiger partial charge >= 0.3 is 6.36 Å². The van der Waals surface area contributed by atoms with E-state index in [0.29, 0.717) is 12.0 Å². The molecule has 0 saturated carbocycles. The fourth-order valence-electron chi connectivity index (χ4n) is 1.75. The molecular formula is C14H12F3NO2. The number of aliphatic hydroxyl groups excluding tert-OH is 1. The van der Waals surface area contributed by atoms with Crippen molar-refractivity contribution in [2.75, 3.05) is 0 Å². The normalized spacial score (nSPS) is 13.0. The Hall–Kier alpha value is -2.08. The number of alkyl halides is 3. The predicted molar refractivity (Wildman–Crippen MR) is 66.0 cm³/mol. The first-order valence-corrected chi connectivity index (χ1v) is 5.87. The maximum atomic E-state index is 12.0. The fourth-order valence-corrected chi connectivity index (χ4v) is 1.75. The maximum absolute atomic E-state index is 12.0. The molecule has 0 aliphatic carbocycles. The Morgan fingerprint density at radius 3 is 2.20 bits per heavy atom. The molecule has 0 aliphatic rings. The molecule has 0 spiro atoms. The van der Waals surface area contributed by atoms with Gasteiger partial charge in [-0.15, -0.1) is 13.2 Å². The monoisotopic (exact) mass is 283 g/mol. The van der Waals surface area contributed by atoms with E-state index in [1.165, 1.54) is 24.3 Å². The number of benzene rings is 1. The number of hydrogen-bond acceptors (Lipinski definition) is 3. The van der Waals surface area contributed by atoms with E-state index in [4.69, 9.17) is 0 Å². The van der Waals surface area contributed by atoms with Gasteiger partial charge in [0.1, 0.15) is 5.75 Å². The third-order valence-electron chi connectivity index (χ3n) is 2.68. The van der Waals surface area contributed by atoms with Crippen LogP contribution in [-0.2, 0) is 6.42 Å². The highest BCUT2D eigenvalue weighted by Gasteiger charge is 2.31. The van der Waals surface area contributed by atoms with Crippen molar-refractivity contribution in [1.82, 2.24) is 4.98 Å². The van der Waals surface area contributed by atoms with Crippen LogP contribution in [0.5, 0.6) is 5.75 Å². The number of ether oxygens (including phenoxy) is 1. The van der Waals surface area contributed by atoms with Gasteiger partial charge in [-0.2, -0.15) is 0 Å². The summed E-state index contributed by atoms with van der Waals surface area (Å²) in [7, 11) is 0. The minimum atomic E-state index is -4.71. The van der Waals surface area contributed by atoms with Crippen LogP contribution in [0.3, 0.4) is 0 Å². The topological polar surface area (TPSA) is 42.4 Å². The molecule has 0 radical (unpaired) electrons. The van der Waals surface area contributed by atoms with Crippen molar-refractivity contribution in [3.63, 3.8) is 0 Å². The van der Waals surface area contributed by atoms with E-state index in [0.717, 1.165) is 5.56 Å². The van der Waals surface area contributed by atoms with Crippen molar-refractivity contribution in [3.8, 4) is 5.75 Å². The van der Waals surface area contributed by atoms with Crippen LogP contribution in [0, 0.1) is 0 Å². The van der Waals surface area contributed by atoms with Crippen LogP contribution in [0.2, 0.25) is 0 Å². The lowest BCUT2D eigenvalue weighted by Crippen LogP contribution is -2.17. The summed E-state index contributed by atoms with van der Waals surface area (Å²) in [4.78, 5) is 3.87. The second-order valence-electron chi connectivity index (χ2n) is 4.19. The van der Waals surface area contributed by atoms with E-state index in [1.807, 2.05) is 0 Å². The quantitative estimate of drug-likeness (QED) is 0.936. The largest absolute Gasteiger partial charge is 0.573 e. The van der Waals surface area contributed by atoms with E-state index in [2.05, 4.69) is 9.72 Å². The van der Waals surface area contributed by atoms with Crippen LogP contribution < -0.4 is 4.74 Å². The smallest absolute Gasteiger partial charge is 0.406 e. The highest BCUT2D eigenvalue weighted by molar-refractivity contribution is 5.29. The highest BCUT2D eigenvalue weighted by Crippen LogP contribution is 2.25. The zero-order chi connectivity index (χ0) is 14.6. The van der Waals surface area contributed by atoms with Gasteiger partial charge in [-0.25, -0.2) is 0 Å². The van der Waals surface area contributed by atoms with Gasteiger partial charge in [-0.05, 0) is 35.4 Å². The molecule has 0 bridgehead atoms. The third kappa shape index (κ3) is 4.24. The van der Waals surface area contributed by atoms with Crippen molar-refractivity contribution < 1.29 is 23.0 Å². The SMILES string of the molecule is OC(Cc1ccncc1)c1ccc(OC(F)(F)F)cc1. The average Bonchev–Trinajstić information content (AvgIpc) is 2.39. The molecule has 0 saturated heterocycles. The Bertz CT molecular complexity index is 541. The van der Waals surface area contributed by atoms with E-state index >= 15 is 0 Å². The molecule has 0 amide bonds. The van der Waals surface area contributed by atoms with E-state index in [-0.39, 0.29) is 5.75 Å². The standard InChI is InChI=1S/C14H12F3NO2/c15-14(16,17)20-12-3-1-11(2-4-12)13(19)9-10-5-7-18-8-6-10/h1-8,13,19H,9H2. The molecule has 1 N–H and O–H groups in total. The van der Waals surface area contributed by atoms with Crippen LogP contribution in [-0.4, -0.2) is 16.5 Å². The number of hydrogen-bond donors (Lipinski definition) is 1. The number of halogens is 3. The second kappa shape index (κ2) is 5.92. The molecule has 1 atom stereocenters. The summed E-state index contributed by atoms with van der Waals surface area (Å²) in [6, 6.07) is 8.71. The van der Waals surface area contributed by atoms with Crippen LogP contribution in [0.4, 0.5) is 13.2 Å². The molecule has 1 aromatic carbocycles. The number of aliphatic hydroxyl groups is 1. The summed E-state index contributed by atoms with van der Waals surface area (Å²) >= 11 is 0. The minimum absolute atomic E-state index is 0.308. The molecule has 0 aliphatic heterocycles. The van der Waals surface area contributed by atoms with Gasteiger partial charge in [-0.3, -0.25) is 4.98 Å². The molecule has 20 heavy (non-hydrogen) atoms. The molecule has 1 unspecified atom stereocenters. The summed E-state index contributed by atoms with van der Waals surface area (Å²) in [6.45, 7) is 0. The zero-order valence-corrected chi connectivity index (χ0v) is 10.3. The van der Waals surface area contributed by atoms with E-state index < -0.39 is 12.5 Å². The van der Waals surface area contributed by atoms with Gasteiger partial charge in [0.05, 0.1) is 6.10 Å². The van der Waals surface area contributed by atoms with Crippen molar-refractivity contribution >= 4 is 0 Å². The lowest BCUT2D eigenvalue weighted by molar-refractivity contribution is -0.274. The molecule has 106 valence electrons. The van der Waals surface area contributed by atoms with Gasteiger partial charge in [0, 0.05) is 18.8 Å². The first-order valence-electron chi connectivity index (χ1n) is 5.87. The summed E-state index contributed by atoms with van der Waals surface area (Å²) in [6.07, 6.45) is -1.92. The molecule has 1 aromatic heterocycles. The third-order valence-corrected chi connectivity index (χ3v) is 2.68. The Kier molecular flexibility index (Phi) is 4.24. The Morgan fingerprint density at radius 1 is 1.05 bits per heavy atom. The summed E-state index contributed by atoms with van der Waals surface area (Å²) < 4.78 is 39.8. The van der Waals surface area contributed by atoms with Crippen molar-refractivity contribution in [2.24, 2.45) is 0 Å². The van der Waals surface area contributed by atoms with Gasteiger partial charge in [0.2, 0.25) is 0 Å². The average molecular weight is 283 g/mol. The summed E-state index contributed by atoms with van der Waals surface area (Å²) in [5, 5.41) is 10.0. The molecule has 6 heteroatoms. The molecule has 3 nitrogen and oxygen atoms in total. The van der Waals surface area contributed by atoms with Crippen molar-refractivity contribution in [1.29, 1.82) is 0 Å². The Labute approximate surface area is 113 Å². The lowest BCUT2D eigenvalue weighted by Gasteiger charge is -2.13. The lowest BCUT2D eigenvalue weighted by atomic mass is 10.0. The van der Waals surface area contributed by atoms with Gasteiger partial charge < -0.3 is 9.84 Å². The highest BCUT2D eigenvalue weighted by atomic mass is 19.4. The molecular weight excluding hydrogens is 271 g/mol. The Morgan fingerprint density at radius 2 is 1.65 bits per heavy atom. The van der Waals surface area contributed by atoms with Gasteiger partial charge in [-0.1, -0.05) is 12.1 Å². The number of rotatable bonds is 4.